The highest BCUT2D eigenvalue weighted by Crippen LogP contribution is 2.26. The van der Waals surface area contributed by atoms with Crippen LogP contribution in [0.2, 0.25) is 0 Å². The average Bonchev–Trinajstić information content (AvgIpc) is 3.29. The van der Waals surface area contributed by atoms with Gasteiger partial charge in [-0.2, -0.15) is 0 Å². The van der Waals surface area contributed by atoms with Gasteiger partial charge in [0.15, 0.2) is 5.96 Å². The van der Waals surface area contributed by atoms with Crippen molar-refractivity contribution in [1.82, 2.24) is 20.5 Å². The van der Waals surface area contributed by atoms with E-state index in [1.807, 2.05) is 6.20 Å². The van der Waals surface area contributed by atoms with Crippen LogP contribution >= 0.6 is 35.3 Å². The molecule has 1 unspecified atom stereocenters. The molecular formula is C19H32IN5OS. The summed E-state index contributed by atoms with van der Waals surface area (Å²) in [5.41, 5.74) is 0. The van der Waals surface area contributed by atoms with E-state index in [-0.39, 0.29) is 35.9 Å². The lowest BCUT2D eigenvalue weighted by Crippen LogP contribution is -2.45. The zero-order valence-corrected chi connectivity index (χ0v) is 19.5. The molecule has 1 saturated heterocycles. The molecule has 1 atom stereocenters. The van der Waals surface area contributed by atoms with E-state index in [1.54, 1.807) is 11.3 Å². The number of aliphatic imine (C=N–C) groups is 1. The average molecular weight is 505 g/mol. The number of aromatic nitrogens is 1. The lowest BCUT2D eigenvalue weighted by molar-refractivity contribution is -0.135. The number of nitrogens with one attached hydrogen (secondary N) is 2. The van der Waals surface area contributed by atoms with E-state index in [9.17, 15) is 4.79 Å². The summed E-state index contributed by atoms with van der Waals surface area (Å²) in [4.78, 5) is 25.0. The molecule has 1 aromatic rings. The topological polar surface area (TPSA) is 69.6 Å². The molecule has 2 aliphatic rings. The van der Waals surface area contributed by atoms with Crippen LogP contribution in [0, 0.1) is 12.8 Å². The van der Waals surface area contributed by atoms with Crippen LogP contribution in [-0.4, -0.2) is 47.4 Å². The molecule has 8 heteroatoms. The predicted molar refractivity (Wildman–Crippen MR) is 122 cm³/mol. The number of thiazole rings is 1. The molecule has 0 aromatic carbocycles. The maximum Gasteiger partial charge on any atom is 0.225 e. The molecule has 0 radical (unpaired) electrons. The summed E-state index contributed by atoms with van der Waals surface area (Å²) in [6.07, 6.45) is 8.73. The lowest BCUT2D eigenvalue weighted by atomic mass is 9.88. The first-order valence-electron chi connectivity index (χ1n) is 9.90. The van der Waals surface area contributed by atoms with Crippen molar-refractivity contribution in [3.8, 4) is 0 Å². The fourth-order valence-electron chi connectivity index (χ4n) is 3.82. The fourth-order valence-corrected chi connectivity index (χ4v) is 4.53. The van der Waals surface area contributed by atoms with Crippen LogP contribution in [0.25, 0.3) is 0 Å². The predicted octanol–water partition coefficient (Wildman–Crippen LogP) is 3.31. The third-order valence-electron chi connectivity index (χ3n) is 5.18. The molecule has 27 heavy (non-hydrogen) atoms. The third kappa shape index (κ3) is 6.58. The minimum atomic E-state index is 0. The maximum absolute atomic E-state index is 12.7. The van der Waals surface area contributed by atoms with Crippen molar-refractivity contribution < 1.29 is 4.79 Å². The second kappa shape index (κ2) is 11.2. The number of rotatable bonds is 5. The van der Waals surface area contributed by atoms with E-state index < -0.39 is 0 Å². The van der Waals surface area contributed by atoms with Crippen molar-refractivity contribution in [2.24, 2.45) is 10.9 Å². The van der Waals surface area contributed by atoms with Crippen LogP contribution < -0.4 is 10.6 Å². The van der Waals surface area contributed by atoms with Crippen molar-refractivity contribution in [3.05, 3.63) is 16.1 Å². The van der Waals surface area contributed by atoms with Gasteiger partial charge in [-0.05, 0) is 33.1 Å². The van der Waals surface area contributed by atoms with Gasteiger partial charge in [0, 0.05) is 42.7 Å². The van der Waals surface area contributed by atoms with Crippen LogP contribution in [0.3, 0.4) is 0 Å². The highest BCUT2D eigenvalue weighted by Gasteiger charge is 2.31. The molecule has 2 heterocycles. The number of hydrogen-bond acceptors (Lipinski definition) is 4. The molecule has 1 aliphatic carbocycles. The van der Waals surface area contributed by atoms with Crippen molar-refractivity contribution in [3.63, 3.8) is 0 Å². The second-order valence-electron chi connectivity index (χ2n) is 7.31. The summed E-state index contributed by atoms with van der Waals surface area (Å²) in [5.74, 6) is 1.45. The van der Waals surface area contributed by atoms with E-state index in [1.165, 1.54) is 24.1 Å². The van der Waals surface area contributed by atoms with E-state index in [4.69, 9.17) is 0 Å². The van der Waals surface area contributed by atoms with Gasteiger partial charge < -0.3 is 15.5 Å². The number of halogens is 1. The number of carbonyl (C=O) groups is 1. The summed E-state index contributed by atoms with van der Waals surface area (Å²) in [5, 5.41) is 7.84. The smallest absolute Gasteiger partial charge is 0.225 e. The van der Waals surface area contributed by atoms with Gasteiger partial charge in [-0.3, -0.25) is 4.79 Å². The van der Waals surface area contributed by atoms with Crippen molar-refractivity contribution in [2.45, 2.75) is 65.0 Å². The Morgan fingerprint density at radius 2 is 2.11 bits per heavy atom. The van der Waals surface area contributed by atoms with Gasteiger partial charge in [0.2, 0.25) is 5.91 Å². The Bertz CT molecular complexity index is 629. The Labute approximate surface area is 183 Å². The number of guanidine groups is 1. The van der Waals surface area contributed by atoms with Crippen LogP contribution in [0.15, 0.2) is 11.2 Å². The molecule has 1 aromatic heterocycles. The van der Waals surface area contributed by atoms with Gasteiger partial charge in [0.25, 0.3) is 0 Å². The molecular weight excluding hydrogens is 473 g/mol. The fraction of sp³-hybridized carbons (Fsp3) is 0.737. The Morgan fingerprint density at radius 3 is 2.78 bits per heavy atom. The Hall–Kier alpha value is -0.900. The van der Waals surface area contributed by atoms with E-state index in [0.29, 0.717) is 12.5 Å². The first-order valence-corrected chi connectivity index (χ1v) is 10.7. The van der Waals surface area contributed by atoms with E-state index in [2.05, 4.69) is 39.4 Å². The SMILES string of the molecule is CCNC(=NCc1ncc(C)s1)NC1CCN(C(=O)C2CCCCC2)C1.I. The molecule has 1 amide bonds. The first-order chi connectivity index (χ1) is 12.7. The Balaban J connectivity index is 0.00000261. The Morgan fingerprint density at radius 1 is 1.33 bits per heavy atom. The molecule has 2 N–H and O–H groups in total. The number of hydrogen-bond donors (Lipinski definition) is 2. The van der Waals surface area contributed by atoms with Gasteiger partial charge in [-0.15, -0.1) is 35.3 Å². The molecule has 152 valence electrons. The normalized spacial score (nSPS) is 21.0. The largest absolute Gasteiger partial charge is 0.357 e. The number of aryl methyl sites for hydroxylation is 1. The van der Waals surface area contributed by atoms with Crippen molar-refractivity contribution >= 4 is 47.2 Å². The summed E-state index contributed by atoms with van der Waals surface area (Å²) < 4.78 is 0. The number of nitrogens with zero attached hydrogens (tertiary/aromatic N) is 3. The minimum Gasteiger partial charge on any atom is -0.357 e. The van der Waals surface area contributed by atoms with Crippen LogP contribution in [0.4, 0.5) is 0 Å². The summed E-state index contributed by atoms with van der Waals surface area (Å²) >= 11 is 1.68. The molecule has 0 spiro atoms. The maximum atomic E-state index is 12.7. The van der Waals surface area contributed by atoms with Crippen LogP contribution in [-0.2, 0) is 11.3 Å². The lowest BCUT2D eigenvalue weighted by Gasteiger charge is -2.26. The number of amides is 1. The molecule has 1 aliphatic heterocycles. The number of carbonyl (C=O) groups excluding carboxylic acids is 1. The van der Waals surface area contributed by atoms with Gasteiger partial charge in [0.05, 0.1) is 6.54 Å². The minimum absolute atomic E-state index is 0. The van der Waals surface area contributed by atoms with E-state index >= 15 is 0 Å². The zero-order chi connectivity index (χ0) is 18.4. The van der Waals surface area contributed by atoms with Gasteiger partial charge in [-0.1, -0.05) is 19.3 Å². The summed E-state index contributed by atoms with van der Waals surface area (Å²) in [6.45, 7) is 7.18. The molecule has 6 nitrogen and oxygen atoms in total. The van der Waals surface area contributed by atoms with Crippen LogP contribution in [0.5, 0.6) is 0 Å². The van der Waals surface area contributed by atoms with Gasteiger partial charge in [-0.25, -0.2) is 9.98 Å². The molecule has 2 fully saturated rings. The Kier molecular flexibility index (Phi) is 9.28. The van der Waals surface area contributed by atoms with Gasteiger partial charge in [0.1, 0.15) is 5.01 Å². The van der Waals surface area contributed by atoms with Crippen molar-refractivity contribution in [2.75, 3.05) is 19.6 Å². The molecule has 1 saturated carbocycles. The monoisotopic (exact) mass is 505 g/mol. The molecule has 0 bridgehead atoms. The van der Waals surface area contributed by atoms with Crippen molar-refractivity contribution in [1.29, 1.82) is 0 Å². The first kappa shape index (κ1) is 22.4. The second-order valence-corrected chi connectivity index (χ2v) is 8.63. The third-order valence-corrected chi connectivity index (χ3v) is 6.08. The number of likely N-dealkylation sites (tertiary alicyclic amines) is 1. The molecule has 3 rings (SSSR count). The van der Waals surface area contributed by atoms with E-state index in [0.717, 1.165) is 49.9 Å². The van der Waals surface area contributed by atoms with Gasteiger partial charge >= 0.3 is 0 Å². The quantitative estimate of drug-likeness (QED) is 0.366. The summed E-state index contributed by atoms with van der Waals surface area (Å²) in [6, 6.07) is 0.276. The zero-order valence-electron chi connectivity index (χ0n) is 16.4. The van der Waals surface area contributed by atoms with Crippen LogP contribution in [0.1, 0.15) is 55.3 Å². The highest BCUT2D eigenvalue weighted by atomic mass is 127. The highest BCUT2D eigenvalue weighted by molar-refractivity contribution is 14.0. The summed E-state index contributed by atoms with van der Waals surface area (Å²) in [7, 11) is 0. The standard InChI is InChI=1S/C19H31N5OS.HI/c1-3-20-19(22-12-17-21-11-14(2)26-17)23-16-9-10-24(13-16)18(25)15-7-5-4-6-8-15;/h11,15-16H,3-10,12-13H2,1-2H3,(H2,20,22,23);1H.